The van der Waals surface area contributed by atoms with E-state index >= 15 is 4.39 Å². The molecule has 1 aromatic heterocycles. The number of halogens is 2. The molecule has 1 atom stereocenters. The average Bonchev–Trinajstić information content (AvgIpc) is 2.97. The van der Waals surface area contributed by atoms with E-state index in [0.717, 1.165) is 42.6 Å². The van der Waals surface area contributed by atoms with Crippen molar-refractivity contribution in [3.8, 4) is 0 Å². The second-order valence-corrected chi connectivity index (χ2v) is 18.9. The van der Waals surface area contributed by atoms with Crippen molar-refractivity contribution in [1.82, 2.24) is 9.55 Å². The quantitative estimate of drug-likeness (QED) is 0.273. The monoisotopic (exact) mass is 626 g/mol. The van der Waals surface area contributed by atoms with E-state index < -0.39 is 20.0 Å². The summed E-state index contributed by atoms with van der Waals surface area (Å²) in [5.41, 5.74) is 3.11. The number of anilines is 2. The largest absolute Gasteiger partial charge is 0.414 e. The molecule has 44 heavy (non-hydrogen) atoms. The molecule has 2 aliphatic rings. The molecule has 2 fully saturated rings. The maximum atomic E-state index is 15.5. The highest BCUT2D eigenvalue weighted by Crippen LogP contribution is 2.40. The summed E-state index contributed by atoms with van der Waals surface area (Å²) in [7, 11) is -0.146. The lowest BCUT2D eigenvalue weighted by molar-refractivity contribution is 0.0828. The summed E-state index contributed by atoms with van der Waals surface area (Å²) in [4.78, 5) is 20.6. The van der Waals surface area contributed by atoms with Crippen LogP contribution in [-0.4, -0.2) is 50.3 Å². The Bertz CT molecular complexity index is 1570. The van der Waals surface area contributed by atoms with Gasteiger partial charge in [-0.25, -0.2) is 13.8 Å². The van der Waals surface area contributed by atoms with Crippen LogP contribution in [-0.2, 0) is 16.2 Å². The van der Waals surface area contributed by atoms with Crippen LogP contribution < -0.4 is 15.8 Å². The highest BCUT2D eigenvalue weighted by Gasteiger charge is 2.40. The van der Waals surface area contributed by atoms with Crippen molar-refractivity contribution in [3.63, 3.8) is 0 Å². The van der Waals surface area contributed by atoms with E-state index in [1.807, 2.05) is 30.9 Å². The summed E-state index contributed by atoms with van der Waals surface area (Å²) in [6, 6.07) is 6.37. The molecule has 0 spiro atoms. The fourth-order valence-corrected chi connectivity index (χ4v) is 7.71. The molecule has 3 aromatic rings. The zero-order valence-corrected chi connectivity index (χ0v) is 28.5. The summed E-state index contributed by atoms with van der Waals surface area (Å²) < 4.78 is 44.1. The molecule has 2 saturated heterocycles. The molecule has 240 valence electrons. The van der Waals surface area contributed by atoms with E-state index in [0.29, 0.717) is 42.9 Å². The molecular formula is C34H48F2N4O3Si. The standard InChI is InChI=1S/C34H48F2N4O3Si/c1-21-19-25(30-26(20-21)33(41)39(6)32(38-30)23-13-17-42-18-14-23)22(2)37-28-10-9-27(35)29(36)31(28)40-15-11-24(12-16-40)43-44(7,8)34(3,4)5/h9-10,19-20,22-24,37H,11-18H2,1-8H3/t22-/m1/s1. The Morgan fingerprint density at radius 3 is 2.39 bits per heavy atom. The van der Waals surface area contributed by atoms with Crippen LogP contribution >= 0.6 is 0 Å². The zero-order chi connectivity index (χ0) is 32.0. The second-order valence-electron chi connectivity index (χ2n) is 14.2. The molecule has 10 heteroatoms. The number of aryl methyl sites for hydroxylation is 1. The molecule has 3 heterocycles. The molecule has 0 aliphatic carbocycles. The van der Waals surface area contributed by atoms with Gasteiger partial charge >= 0.3 is 0 Å². The van der Waals surface area contributed by atoms with Crippen LogP contribution in [0.1, 0.15) is 82.3 Å². The van der Waals surface area contributed by atoms with Gasteiger partial charge in [0, 0.05) is 50.9 Å². The first-order chi connectivity index (χ1) is 20.7. The third kappa shape index (κ3) is 6.44. The van der Waals surface area contributed by atoms with E-state index in [-0.39, 0.29) is 34.3 Å². The van der Waals surface area contributed by atoms with Crippen molar-refractivity contribution < 1.29 is 17.9 Å². The number of ether oxygens (including phenoxy) is 1. The summed E-state index contributed by atoms with van der Waals surface area (Å²) >= 11 is 0. The second kappa shape index (κ2) is 12.5. The summed E-state index contributed by atoms with van der Waals surface area (Å²) in [5.74, 6) is -0.817. The van der Waals surface area contributed by atoms with E-state index in [1.165, 1.54) is 6.07 Å². The van der Waals surface area contributed by atoms with Crippen LogP contribution in [0.5, 0.6) is 0 Å². The van der Waals surface area contributed by atoms with Crippen LogP contribution in [0, 0.1) is 18.6 Å². The number of fused-ring (bicyclic) bond motifs is 1. The van der Waals surface area contributed by atoms with Crippen molar-refractivity contribution in [2.45, 2.75) is 96.5 Å². The van der Waals surface area contributed by atoms with Crippen LogP contribution in [0.2, 0.25) is 18.1 Å². The Morgan fingerprint density at radius 2 is 1.75 bits per heavy atom. The van der Waals surface area contributed by atoms with Crippen molar-refractivity contribution in [3.05, 3.63) is 63.2 Å². The minimum absolute atomic E-state index is 0.0788. The first kappa shape index (κ1) is 32.6. The van der Waals surface area contributed by atoms with Gasteiger partial charge in [0.25, 0.3) is 5.56 Å². The smallest absolute Gasteiger partial charge is 0.261 e. The van der Waals surface area contributed by atoms with Gasteiger partial charge in [-0.2, -0.15) is 0 Å². The number of aromatic nitrogens is 2. The molecule has 5 rings (SSSR count). The van der Waals surface area contributed by atoms with E-state index in [2.05, 4.69) is 39.2 Å². The van der Waals surface area contributed by atoms with Gasteiger partial charge in [0.1, 0.15) is 5.82 Å². The SMILES string of the molecule is Cc1cc([C@@H](C)Nc2ccc(F)c(F)c2N2CCC(O[Si](C)(C)C(C)(C)C)CC2)c2nc(C3CCOCC3)n(C)c(=O)c2c1. The van der Waals surface area contributed by atoms with Gasteiger partial charge in [0.15, 0.2) is 20.0 Å². The third-order valence-electron chi connectivity index (χ3n) is 9.91. The van der Waals surface area contributed by atoms with Gasteiger partial charge in [0.2, 0.25) is 0 Å². The number of hydrogen-bond acceptors (Lipinski definition) is 6. The van der Waals surface area contributed by atoms with Gasteiger partial charge < -0.3 is 19.4 Å². The summed E-state index contributed by atoms with van der Waals surface area (Å²) in [5, 5.41) is 4.14. The fraction of sp³-hybridized carbons (Fsp3) is 0.588. The molecule has 2 aromatic carbocycles. The first-order valence-corrected chi connectivity index (χ1v) is 18.8. The molecule has 2 aliphatic heterocycles. The van der Waals surface area contributed by atoms with Crippen molar-refractivity contribution in [1.29, 1.82) is 0 Å². The lowest BCUT2D eigenvalue weighted by Crippen LogP contribution is -2.47. The number of piperidine rings is 1. The Labute approximate surface area is 261 Å². The van der Waals surface area contributed by atoms with Crippen molar-refractivity contribution in [2.24, 2.45) is 7.05 Å². The maximum absolute atomic E-state index is 15.5. The number of hydrogen-bond donors (Lipinski definition) is 1. The zero-order valence-electron chi connectivity index (χ0n) is 27.5. The predicted molar refractivity (Wildman–Crippen MR) is 176 cm³/mol. The molecule has 0 bridgehead atoms. The van der Waals surface area contributed by atoms with Gasteiger partial charge in [-0.15, -0.1) is 0 Å². The number of rotatable bonds is 7. The lowest BCUT2D eigenvalue weighted by Gasteiger charge is -2.42. The molecule has 1 N–H and O–H groups in total. The van der Waals surface area contributed by atoms with Gasteiger partial charge in [-0.1, -0.05) is 26.8 Å². The van der Waals surface area contributed by atoms with Crippen LogP contribution in [0.15, 0.2) is 29.1 Å². The Morgan fingerprint density at radius 1 is 1.09 bits per heavy atom. The van der Waals surface area contributed by atoms with E-state index in [4.69, 9.17) is 14.1 Å². The number of benzene rings is 2. The normalized spacial score (nSPS) is 18.2. The maximum Gasteiger partial charge on any atom is 0.261 e. The van der Waals surface area contributed by atoms with Crippen LogP contribution in [0.25, 0.3) is 10.9 Å². The average molecular weight is 627 g/mol. The molecule has 0 radical (unpaired) electrons. The van der Waals surface area contributed by atoms with Gasteiger partial charge in [0.05, 0.1) is 28.3 Å². The first-order valence-electron chi connectivity index (χ1n) is 15.9. The molecular weight excluding hydrogens is 578 g/mol. The molecule has 0 saturated carbocycles. The summed E-state index contributed by atoms with van der Waals surface area (Å²) in [6.07, 6.45) is 3.24. The highest BCUT2D eigenvalue weighted by atomic mass is 28.4. The minimum Gasteiger partial charge on any atom is -0.414 e. The Kier molecular flexibility index (Phi) is 9.27. The van der Waals surface area contributed by atoms with Crippen LogP contribution in [0.3, 0.4) is 0 Å². The summed E-state index contributed by atoms with van der Waals surface area (Å²) in [6.45, 7) is 17.6. The minimum atomic E-state index is -1.93. The van der Waals surface area contributed by atoms with E-state index in [9.17, 15) is 9.18 Å². The molecule has 7 nitrogen and oxygen atoms in total. The highest BCUT2D eigenvalue weighted by molar-refractivity contribution is 6.74. The van der Waals surface area contributed by atoms with Gasteiger partial charge in [-0.3, -0.25) is 9.36 Å². The van der Waals surface area contributed by atoms with Crippen molar-refractivity contribution >= 4 is 30.6 Å². The van der Waals surface area contributed by atoms with Gasteiger partial charge in [-0.05, 0) is 81.4 Å². The number of nitrogens with one attached hydrogen (secondary N) is 1. The number of nitrogens with zero attached hydrogens (tertiary/aromatic N) is 3. The molecule has 0 unspecified atom stereocenters. The van der Waals surface area contributed by atoms with Crippen LogP contribution in [0.4, 0.5) is 20.2 Å². The topological polar surface area (TPSA) is 68.6 Å². The van der Waals surface area contributed by atoms with Crippen molar-refractivity contribution in [2.75, 3.05) is 36.5 Å². The Balaban J connectivity index is 1.45. The Hall–Kier alpha value is -2.82. The third-order valence-corrected chi connectivity index (χ3v) is 14.4. The van der Waals surface area contributed by atoms with E-state index in [1.54, 1.807) is 17.7 Å². The fourth-order valence-electron chi connectivity index (χ4n) is 6.29. The lowest BCUT2D eigenvalue weighted by atomic mass is 9.97. The molecule has 0 amide bonds. The predicted octanol–water partition coefficient (Wildman–Crippen LogP) is 7.58.